The maximum atomic E-state index is 12.6. The molecule has 0 amide bonds. The Labute approximate surface area is 362 Å². The molecule has 1 saturated heterocycles. The normalized spacial score (nSPS) is 17.9. The summed E-state index contributed by atoms with van der Waals surface area (Å²) >= 11 is 0. The quantitative estimate of drug-likeness (QED) is 0.0177. The summed E-state index contributed by atoms with van der Waals surface area (Å²) in [5.74, 6) is -1.04. The summed E-state index contributed by atoms with van der Waals surface area (Å²) in [7, 11) is -4.65. The molecule has 0 saturated carbocycles. The fourth-order valence-electron chi connectivity index (χ4n) is 5.77. The van der Waals surface area contributed by atoms with Gasteiger partial charge in [0.25, 0.3) is 0 Å². The molecule has 12 heteroatoms. The minimum Gasteiger partial charge on any atom is -0.462 e. The molecule has 0 bridgehead atoms. The van der Waals surface area contributed by atoms with Crippen molar-refractivity contribution in [3.8, 4) is 0 Å². The van der Waals surface area contributed by atoms with E-state index >= 15 is 0 Å². The van der Waals surface area contributed by atoms with Crippen LogP contribution in [0.25, 0.3) is 0 Å². The van der Waals surface area contributed by atoms with Crippen molar-refractivity contribution in [2.75, 3.05) is 26.4 Å². The van der Waals surface area contributed by atoms with E-state index in [0.29, 0.717) is 31.5 Å². The number of carbonyl (C=O) groups is 2. The molecule has 3 unspecified atom stereocenters. The van der Waals surface area contributed by atoms with Gasteiger partial charge in [-0.3, -0.25) is 18.6 Å². The highest BCUT2D eigenvalue weighted by molar-refractivity contribution is 7.47. The van der Waals surface area contributed by atoms with Crippen LogP contribution in [0.15, 0.2) is 85.1 Å². The molecule has 0 aromatic heterocycles. The third kappa shape index (κ3) is 35.8. The summed E-state index contributed by atoms with van der Waals surface area (Å²) in [6.07, 6.45) is 48.7. The predicted octanol–water partition coefficient (Wildman–Crippen LogP) is 11.2. The van der Waals surface area contributed by atoms with Crippen LogP contribution in [-0.2, 0) is 37.4 Å². The molecule has 1 heterocycles. The minimum absolute atomic E-state index is 0.127. The summed E-state index contributed by atoms with van der Waals surface area (Å²) in [6.45, 7) is 2.19. The molecule has 0 aliphatic carbocycles. The second kappa shape index (κ2) is 39.0. The number of ether oxygens (including phenoxy) is 3. The highest BCUT2D eigenvalue weighted by Gasteiger charge is 2.36. The van der Waals surface area contributed by atoms with Gasteiger partial charge < -0.3 is 29.3 Å². The lowest BCUT2D eigenvalue weighted by Gasteiger charge is -2.20. The number of hydrogen-bond donors (Lipinski definition) is 3. The van der Waals surface area contributed by atoms with Crippen LogP contribution < -0.4 is 0 Å². The third-order valence-corrected chi connectivity index (χ3v) is 10.4. The van der Waals surface area contributed by atoms with Gasteiger partial charge in [0, 0.05) is 12.8 Å². The Balaban J connectivity index is 2.31. The molecule has 1 fully saturated rings. The molecule has 0 aromatic rings. The maximum Gasteiger partial charge on any atom is 0.472 e. The molecule has 3 N–H and O–H groups in total. The van der Waals surface area contributed by atoms with Crippen molar-refractivity contribution in [3.05, 3.63) is 85.1 Å². The molecule has 0 spiro atoms. The second-order valence-electron chi connectivity index (χ2n) is 15.1. The average Bonchev–Trinajstić information content (AvgIpc) is 4.00. The lowest BCUT2D eigenvalue weighted by molar-refractivity contribution is -0.161. The first kappa shape index (κ1) is 55.1. The Hall–Kier alpha value is -2.89. The molecule has 1 aliphatic rings. The number of esters is 2. The van der Waals surface area contributed by atoms with Gasteiger partial charge in [0.1, 0.15) is 12.7 Å². The Bertz CT molecular complexity index is 1340. The average molecular weight is 863 g/mol. The standard InChI is InChI=1S/C48H79O11P/c1-3-5-7-9-11-12-13-14-15-16-17-18-19-20-21-22-25-30-34-38-48(52)58-44(42-57-60(53,54)56-40-43(50)39-49)41-55-47(51)37-33-29-26-23-24-28-32-36-46-45(59-46)35-31-27-10-8-6-4-2/h11-12,14-15,17-18,20-21,23,26-28,31-32,43-46,49-50H,3-10,13,16,19,22,24-25,29-30,33-42H2,1-2H3,(H,53,54)/b12-11-,15-14-,18-17-,21-20-,26-23-,31-27-,32-28-/t43-,44+,45?,46?/m0/s1. The van der Waals surface area contributed by atoms with Crippen molar-refractivity contribution in [2.24, 2.45) is 0 Å². The van der Waals surface area contributed by atoms with Crippen molar-refractivity contribution in [1.82, 2.24) is 0 Å². The van der Waals surface area contributed by atoms with Gasteiger partial charge >= 0.3 is 19.8 Å². The zero-order valence-corrected chi connectivity index (χ0v) is 37.7. The Morgan fingerprint density at radius 3 is 1.58 bits per heavy atom. The third-order valence-electron chi connectivity index (χ3n) is 9.42. The summed E-state index contributed by atoms with van der Waals surface area (Å²) in [5, 5.41) is 18.4. The Kier molecular flexibility index (Phi) is 35.8. The number of unbranched alkanes of at least 4 members (excludes halogenated alkanes) is 10. The van der Waals surface area contributed by atoms with Gasteiger partial charge in [0.05, 0.1) is 32.0 Å². The summed E-state index contributed by atoms with van der Waals surface area (Å²) < 4.78 is 38.4. The van der Waals surface area contributed by atoms with E-state index in [1.54, 1.807) is 0 Å². The molecule has 5 atom stereocenters. The van der Waals surface area contributed by atoms with E-state index in [4.69, 9.17) is 23.8 Å². The fourth-order valence-corrected chi connectivity index (χ4v) is 6.56. The molecular weight excluding hydrogens is 783 g/mol. The van der Waals surface area contributed by atoms with E-state index < -0.39 is 51.8 Å². The first-order valence-corrected chi connectivity index (χ1v) is 24.2. The number of aliphatic hydroxyl groups excluding tert-OH is 2. The predicted molar refractivity (Wildman–Crippen MR) is 241 cm³/mol. The Morgan fingerprint density at radius 1 is 0.583 bits per heavy atom. The van der Waals surface area contributed by atoms with E-state index in [0.717, 1.165) is 64.2 Å². The van der Waals surface area contributed by atoms with Crippen molar-refractivity contribution in [3.63, 3.8) is 0 Å². The van der Waals surface area contributed by atoms with Gasteiger partial charge in [0.15, 0.2) is 6.10 Å². The number of phosphoric ester groups is 1. The van der Waals surface area contributed by atoms with Crippen LogP contribution in [0.3, 0.4) is 0 Å². The maximum absolute atomic E-state index is 12.6. The van der Waals surface area contributed by atoms with Gasteiger partial charge in [-0.2, -0.15) is 0 Å². The number of aliphatic hydroxyl groups is 2. The van der Waals surface area contributed by atoms with Crippen molar-refractivity contribution in [2.45, 2.75) is 180 Å². The first-order chi connectivity index (χ1) is 29.2. The zero-order valence-electron chi connectivity index (χ0n) is 36.8. The smallest absolute Gasteiger partial charge is 0.462 e. The van der Waals surface area contributed by atoms with Crippen LogP contribution in [0.2, 0.25) is 0 Å². The summed E-state index contributed by atoms with van der Waals surface area (Å²) in [5.41, 5.74) is 0. The molecule has 0 radical (unpaired) electrons. The van der Waals surface area contributed by atoms with Crippen molar-refractivity contribution in [1.29, 1.82) is 0 Å². The van der Waals surface area contributed by atoms with Gasteiger partial charge in [-0.15, -0.1) is 0 Å². The van der Waals surface area contributed by atoms with Crippen LogP contribution in [0.4, 0.5) is 0 Å². The first-order valence-electron chi connectivity index (χ1n) is 22.7. The molecule has 0 aromatic carbocycles. The lowest BCUT2D eigenvalue weighted by Crippen LogP contribution is -2.29. The number of rotatable bonds is 40. The molecule has 11 nitrogen and oxygen atoms in total. The molecular formula is C48H79O11P. The van der Waals surface area contributed by atoms with Crippen LogP contribution in [0.5, 0.6) is 0 Å². The van der Waals surface area contributed by atoms with Crippen molar-refractivity contribution < 1.29 is 52.5 Å². The number of hydrogen-bond acceptors (Lipinski definition) is 10. The summed E-state index contributed by atoms with van der Waals surface area (Å²) in [4.78, 5) is 35.0. The van der Waals surface area contributed by atoms with Crippen molar-refractivity contribution >= 4 is 19.8 Å². The van der Waals surface area contributed by atoms with Gasteiger partial charge in [0.2, 0.25) is 0 Å². The van der Waals surface area contributed by atoms with E-state index in [1.807, 2.05) is 6.08 Å². The number of phosphoric acid groups is 1. The fraction of sp³-hybridized carbons (Fsp3) is 0.667. The largest absolute Gasteiger partial charge is 0.472 e. The van der Waals surface area contributed by atoms with Crippen LogP contribution in [0, 0.1) is 0 Å². The van der Waals surface area contributed by atoms with Gasteiger partial charge in [-0.1, -0.05) is 131 Å². The monoisotopic (exact) mass is 863 g/mol. The van der Waals surface area contributed by atoms with Crippen LogP contribution in [-0.4, -0.2) is 77.9 Å². The molecule has 342 valence electrons. The lowest BCUT2D eigenvalue weighted by atomic mass is 10.1. The Morgan fingerprint density at radius 2 is 1.03 bits per heavy atom. The highest BCUT2D eigenvalue weighted by atomic mass is 31.2. The van der Waals surface area contributed by atoms with E-state index in [2.05, 4.69) is 97.4 Å². The van der Waals surface area contributed by atoms with Gasteiger partial charge in [-0.05, 0) is 96.3 Å². The van der Waals surface area contributed by atoms with E-state index in [9.17, 15) is 24.2 Å². The van der Waals surface area contributed by atoms with Gasteiger partial charge in [-0.25, -0.2) is 4.57 Å². The van der Waals surface area contributed by atoms with E-state index in [1.165, 1.54) is 44.9 Å². The summed E-state index contributed by atoms with van der Waals surface area (Å²) in [6, 6.07) is 0. The SMILES string of the molecule is CCCCC/C=C\C/C=C\C/C=C\C/C=C\CCCCCC(=O)O[C@H](COC(=O)CCC/C=C\C/C=C\CC1OC1C/C=C\CCCCC)COP(=O)(O)OC[C@@H](O)CO. The zero-order chi connectivity index (χ0) is 43.8. The topological polar surface area (TPSA) is 161 Å². The molecule has 1 rings (SSSR count). The van der Waals surface area contributed by atoms with E-state index in [-0.39, 0.29) is 19.4 Å². The minimum atomic E-state index is -4.65. The van der Waals surface area contributed by atoms with Crippen LogP contribution in [0.1, 0.15) is 155 Å². The number of epoxide rings is 1. The number of carbonyl (C=O) groups excluding carboxylic acids is 2. The highest BCUT2D eigenvalue weighted by Crippen LogP contribution is 2.43. The second-order valence-corrected chi connectivity index (χ2v) is 16.6. The number of allylic oxidation sites excluding steroid dienone is 12. The molecule has 60 heavy (non-hydrogen) atoms. The molecule has 1 aliphatic heterocycles. The van der Waals surface area contributed by atoms with Crippen LogP contribution >= 0.6 is 7.82 Å².